The van der Waals surface area contributed by atoms with Crippen molar-refractivity contribution >= 4 is 79.0 Å². The number of carboxylic acids is 1. The predicted molar refractivity (Wildman–Crippen MR) is 361 cm³/mol. The Kier molecular flexibility index (Phi) is 24.7. The Morgan fingerprint density at radius 3 is 1.39 bits per heavy atom. The number of aromatic nitrogens is 10. The molecule has 3 aliphatic rings. The maximum atomic E-state index is 15.5. The number of halogens is 8. The van der Waals surface area contributed by atoms with E-state index in [1.807, 2.05) is 0 Å². The first kappa shape index (κ1) is 79.2. The number of benzene rings is 4. The van der Waals surface area contributed by atoms with Crippen LogP contribution in [-0.4, -0.2) is 179 Å². The van der Waals surface area contributed by atoms with Gasteiger partial charge in [-0.15, -0.1) is 0 Å². The number of fused-ring (bicyclic) bond motifs is 4. The van der Waals surface area contributed by atoms with Gasteiger partial charge in [-0.25, -0.2) is 57.0 Å². The van der Waals surface area contributed by atoms with Gasteiger partial charge in [0.25, 0.3) is 22.9 Å². The average Bonchev–Trinajstić information content (AvgIpc) is 0.812. The fourth-order valence-corrected chi connectivity index (χ4v) is 12.6. The maximum Gasteiger partial charge on any atom is 1.00 e. The summed E-state index contributed by atoms with van der Waals surface area (Å²) in [5.74, 6) is -6.61. The Bertz CT molecular complexity index is 5220. The third-order valence-electron chi connectivity index (χ3n) is 17.7. The summed E-state index contributed by atoms with van der Waals surface area (Å²) < 4.78 is 137. The van der Waals surface area contributed by atoms with Crippen molar-refractivity contribution < 1.29 is 103 Å². The summed E-state index contributed by atoms with van der Waals surface area (Å²) >= 11 is 0. The second-order valence-corrected chi connectivity index (χ2v) is 24.3. The number of carbonyl (C=O) groups is 4. The standard InChI is InChI=1S/C33H29F4N7O6.C32H27F4N7O6.C4H8O.Li.H2O/c1-17-11-19(43-9-10-50-15-25(43)33(35,36)37)13-22(34)26(17)29(45)41-23(31(47)49-3)12-18-6-7-24(27-20(18)5-4-8-39-27)44-30(46)21-14-38-16-40-28(21)42(2)32(44)48;1-16-10-18(42-8-9-49-14-24(42)32(34,35)36)12-21(33)25(16)28(44)40-22(30(46)47)11-17-5-6-23(26-19(17)4-3-7-38-26)43-29(45)20-13-37-15-39-27(20)41(2)31(43)48;1-2-4-5-3-1;;/h4-8,11,13-14,16,23,25H,9-10,12,15H2,1-3H3,(H,41,45);3-7,10,12-13,15,22,24H,8-9,11,14H2,1-2H3,(H,40,44)(H,46,47);1-4H2;;1H2/q;;;+1;/p-1/t23-,25+;22-,24+;;;/m00.../s1. The smallest absolute Gasteiger partial charge is 0.870 e. The van der Waals surface area contributed by atoms with Crippen molar-refractivity contribution in [2.24, 2.45) is 14.1 Å². The summed E-state index contributed by atoms with van der Waals surface area (Å²) in [4.78, 5) is 132. The van der Waals surface area contributed by atoms with Crippen molar-refractivity contribution in [3.63, 3.8) is 0 Å². The summed E-state index contributed by atoms with van der Waals surface area (Å²) in [7, 11) is 4.01. The van der Waals surface area contributed by atoms with Crippen molar-refractivity contribution in [3.05, 3.63) is 197 Å². The van der Waals surface area contributed by atoms with Gasteiger partial charge in [-0.2, -0.15) is 26.3 Å². The van der Waals surface area contributed by atoms with E-state index in [9.17, 15) is 69.8 Å². The number of ether oxygens (including phenoxy) is 4. The van der Waals surface area contributed by atoms with E-state index in [1.54, 1.807) is 30.3 Å². The molecule has 6 aromatic heterocycles. The minimum Gasteiger partial charge on any atom is -0.870 e. The van der Waals surface area contributed by atoms with Crippen LogP contribution in [0, 0.1) is 25.5 Å². The van der Waals surface area contributed by atoms with Crippen LogP contribution in [0.4, 0.5) is 46.5 Å². The van der Waals surface area contributed by atoms with E-state index >= 15 is 8.78 Å². The quantitative estimate of drug-likeness (QED) is 0.0800. The van der Waals surface area contributed by atoms with Gasteiger partial charge in [0.15, 0.2) is 11.3 Å². The number of pyridine rings is 2. The van der Waals surface area contributed by atoms with E-state index in [4.69, 9.17) is 18.9 Å². The van der Waals surface area contributed by atoms with Crippen LogP contribution in [0.1, 0.15) is 55.8 Å². The molecule has 0 bridgehead atoms. The zero-order chi connectivity index (χ0) is 74.6. The predicted octanol–water partition coefficient (Wildman–Crippen LogP) is 3.05. The van der Waals surface area contributed by atoms with Gasteiger partial charge < -0.3 is 50.0 Å². The minimum atomic E-state index is -4.65. The van der Waals surface area contributed by atoms with E-state index in [1.165, 1.54) is 118 Å². The number of nitrogens with one attached hydrogen (secondary N) is 2. The molecule has 106 heavy (non-hydrogen) atoms. The second kappa shape index (κ2) is 33.0. The Morgan fingerprint density at radius 2 is 1.01 bits per heavy atom. The number of hydrogen-bond acceptors (Lipinski definition) is 21. The molecule has 3 aliphatic heterocycles. The summed E-state index contributed by atoms with van der Waals surface area (Å²) in [6, 6.07) is 9.58. The molecule has 37 heteroatoms. The molecule has 4 atom stereocenters. The van der Waals surface area contributed by atoms with E-state index < -0.39 is 119 Å². The van der Waals surface area contributed by atoms with Gasteiger partial charge in [0, 0.05) is 100 Å². The van der Waals surface area contributed by atoms with Gasteiger partial charge in [0.2, 0.25) is 0 Å². The number of carboxylic acid groups (broad SMARTS) is 1. The molecular weight excluding hydrogens is 1410 g/mol. The normalized spacial score (nSPS) is 15.8. The number of aryl methyl sites for hydroxylation is 4. The first-order valence-corrected chi connectivity index (χ1v) is 32.1. The van der Waals surface area contributed by atoms with Crippen molar-refractivity contribution in [3.8, 4) is 11.4 Å². The van der Waals surface area contributed by atoms with Gasteiger partial charge in [0.1, 0.15) is 59.2 Å². The topological polar surface area (TPSA) is 351 Å². The van der Waals surface area contributed by atoms with Crippen molar-refractivity contribution in [2.75, 3.05) is 69.6 Å². The van der Waals surface area contributed by atoms with E-state index in [0.717, 1.165) is 51.4 Å². The number of morpholine rings is 2. The van der Waals surface area contributed by atoms with Crippen LogP contribution < -0.4 is 61.8 Å². The Hall–Kier alpha value is -10.9. The van der Waals surface area contributed by atoms with Crippen LogP contribution in [0.15, 0.2) is 129 Å². The van der Waals surface area contributed by atoms with Crippen LogP contribution in [0.25, 0.3) is 55.2 Å². The molecule has 10 aromatic rings. The van der Waals surface area contributed by atoms with Crippen molar-refractivity contribution in [1.82, 2.24) is 58.8 Å². The molecule has 0 saturated carbocycles. The van der Waals surface area contributed by atoms with Crippen molar-refractivity contribution in [1.29, 1.82) is 0 Å². The number of methoxy groups -OCH3 is 1. The minimum absolute atomic E-state index is 0. The zero-order valence-electron chi connectivity index (χ0n) is 57.4. The first-order chi connectivity index (χ1) is 49.6. The van der Waals surface area contributed by atoms with E-state index in [0.29, 0.717) is 21.9 Å². The van der Waals surface area contributed by atoms with Crippen LogP contribution in [0.5, 0.6) is 0 Å². The molecular formula is C69H65F8LiN14O14. The molecule has 3 saturated heterocycles. The fraction of sp³-hybridized carbons (Fsp3) is 0.333. The SMILES string of the molecule is C1CCOC1.COC(=O)[C@H](Cc1ccc(-n2c(=O)c3cncnc3n(C)c2=O)c2ncccc12)NC(=O)c1c(C)cc(N2CCOC[C@@H]2C(F)(F)F)cc1F.Cc1cc(N2CCOC[C@@H]2C(F)(F)F)cc(F)c1C(=O)N[C@@H](Cc1ccc(-n2c(=O)c3cncnc3n(C)c2=O)c2ncccc12)C(=O)O.[Li+].[OH-]. The van der Waals surface area contributed by atoms with Gasteiger partial charge in [-0.1, -0.05) is 24.3 Å². The molecule has 28 nitrogen and oxygen atoms in total. The Labute approximate surface area is 606 Å². The largest absolute Gasteiger partial charge is 1.00 e. The van der Waals surface area contributed by atoms with Gasteiger partial charge >= 0.3 is 54.5 Å². The van der Waals surface area contributed by atoms with E-state index in [-0.39, 0.29) is 130 Å². The van der Waals surface area contributed by atoms with Crippen LogP contribution in [-0.2, 0) is 55.5 Å². The number of alkyl halides is 6. The number of hydrogen-bond donors (Lipinski definition) is 3. The molecule has 4 N–H and O–H groups in total. The summed E-state index contributed by atoms with van der Waals surface area (Å²) in [5, 5.41) is 15.8. The molecule has 0 aliphatic carbocycles. The molecule has 3 fully saturated rings. The molecule has 4 aromatic carbocycles. The third-order valence-corrected chi connectivity index (χ3v) is 17.7. The summed E-state index contributed by atoms with van der Waals surface area (Å²) in [5.41, 5.74) is -2.12. The molecule has 0 radical (unpaired) electrons. The number of amides is 2. The fourth-order valence-electron chi connectivity index (χ4n) is 12.6. The Balaban J connectivity index is 0.000000226. The zero-order valence-corrected chi connectivity index (χ0v) is 57.4. The molecule has 0 unspecified atom stereocenters. The molecule has 9 heterocycles. The number of rotatable bonds is 14. The van der Waals surface area contributed by atoms with Gasteiger partial charge in [0.05, 0.1) is 67.1 Å². The van der Waals surface area contributed by atoms with Crippen molar-refractivity contribution in [2.45, 2.75) is 76.1 Å². The van der Waals surface area contributed by atoms with Gasteiger partial charge in [-0.05, 0) is 97.5 Å². The van der Waals surface area contributed by atoms with Crippen LogP contribution in [0.2, 0.25) is 0 Å². The number of anilines is 2. The maximum absolute atomic E-state index is 15.5. The summed E-state index contributed by atoms with van der Waals surface area (Å²) in [6.07, 6.45) is 0.659. The molecule has 0 spiro atoms. The van der Waals surface area contributed by atoms with Crippen LogP contribution in [0.3, 0.4) is 0 Å². The number of aliphatic carboxylic acids is 1. The first-order valence-electron chi connectivity index (χ1n) is 32.1. The van der Waals surface area contributed by atoms with E-state index in [2.05, 4.69) is 40.5 Å². The number of carbonyl (C=O) groups excluding carboxylic acids is 3. The Morgan fingerprint density at radius 1 is 0.594 bits per heavy atom. The number of nitrogens with zero attached hydrogens (tertiary/aromatic N) is 12. The second-order valence-electron chi connectivity index (χ2n) is 24.3. The summed E-state index contributed by atoms with van der Waals surface area (Å²) in [6.45, 7) is 3.15. The molecule has 2 amide bonds. The van der Waals surface area contributed by atoms with Gasteiger partial charge in [-0.3, -0.25) is 38.3 Å². The monoisotopic (exact) mass is 1470 g/mol. The molecule has 13 rings (SSSR count). The third kappa shape index (κ3) is 16.3. The molecule has 552 valence electrons. The average molecular weight is 1470 g/mol. The van der Waals surface area contributed by atoms with Crippen LogP contribution >= 0.6 is 0 Å². The number of esters is 1.